The highest BCUT2D eigenvalue weighted by Crippen LogP contribution is 2.31. The van der Waals surface area contributed by atoms with Crippen LogP contribution in [0.15, 0.2) is 24.5 Å². The summed E-state index contributed by atoms with van der Waals surface area (Å²) in [6, 6.07) is 3.17. The molecule has 0 aliphatic carbocycles. The number of esters is 1. The number of pyridine rings is 1. The highest BCUT2D eigenvalue weighted by Gasteiger charge is 2.20. The van der Waals surface area contributed by atoms with Gasteiger partial charge in [0.05, 0.1) is 25.1 Å². The fourth-order valence-electron chi connectivity index (χ4n) is 3.05. The first-order chi connectivity index (χ1) is 14.8. The maximum Gasteiger partial charge on any atom is 0.341 e. The number of nitrogens with one attached hydrogen (secondary N) is 1. The first kappa shape index (κ1) is 22.3. The molecule has 0 radical (unpaired) electrons. The van der Waals surface area contributed by atoms with Gasteiger partial charge >= 0.3 is 5.97 Å². The summed E-state index contributed by atoms with van der Waals surface area (Å²) in [7, 11) is 3.11. The number of aryl methyl sites for hydroxylation is 2. The van der Waals surface area contributed by atoms with Gasteiger partial charge in [-0.3, -0.25) is 0 Å². The average molecular weight is 446 g/mol. The first-order valence-corrected chi connectivity index (χ1v) is 9.93. The van der Waals surface area contributed by atoms with Gasteiger partial charge in [-0.25, -0.2) is 24.4 Å². The molecule has 0 bridgehead atoms. The molecule has 0 unspecified atom stereocenters. The van der Waals surface area contributed by atoms with Gasteiger partial charge in [0.2, 0.25) is 5.88 Å². The summed E-state index contributed by atoms with van der Waals surface area (Å²) in [6.07, 6.45) is 3.61. The third kappa shape index (κ3) is 5.21. The molecule has 0 aliphatic rings. The van der Waals surface area contributed by atoms with Gasteiger partial charge in [-0.15, -0.1) is 0 Å². The van der Waals surface area contributed by atoms with Crippen LogP contribution >= 0.6 is 11.6 Å². The normalized spacial score (nSPS) is 11.8. The number of methoxy groups -OCH3 is 1. The summed E-state index contributed by atoms with van der Waals surface area (Å²) in [5.41, 5.74) is 8.09. The first-order valence-electron chi connectivity index (χ1n) is 9.55. The van der Waals surface area contributed by atoms with E-state index in [1.54, 1.807) is 30.1 Å². The highest BCUT2D eigenvalue weighted by atomic mass is 35.5. The van der Waals surface area contributed by atoms with E-state index in [-0.39, 0.29) is 11.2 Å². The van der Waals surface area contributed by atoms with Crippen molar-refractivity contribution in [3.05, 3.63) is 40.9 Å². The van der Waals surface area contributed by atoms with Crippen LogP contribution in [0, 0.1) is 6.92 Å². The highest BCUT2D eigenvalue weighted by molar-refractivity contribution is 6.29. The van der Waals surface area contributed by atoms with E-state index >= 15 is 0 Å². The van der Waals surface area contributed by atoms with E-state index in [2.05, 4.69) is 25.4 Å². The Morgan fingerprint density at radius 1 is 1.39 bits per heavy atom. The molecule has 0 amide bonds. The Kier molecular flexibility index (Phi) is 6.91. The van der Waals surface area contributed by atoms with Crippen molar-refractivity contribution in [2.24, 2.45) is 7.05 Å². The molecule has 3 rings (SSSR count). The molecule has 164 valence electrons. The molecule has 0 saturated carbocycles. The Morgan fingerprint density at radius 2 is 2.16 bits per heavy atom. The molecule has 11 heteroatoms. The van der Waals surface area contributed by atoms with Crippen LogP contribution in [0.1, 0.15) is 29.4 Å². The SMILES string of the molecule is COC(=O)c1cnc(Cl)cc1N[C@@H](C)CCOc1c(-c2nccc(N)n2)c(C)nn1C. The van der Waals surface area contributed by atoms with Gasteiger partial charge in [0.1, 0.15) is 22.1 Å². The summed E-state index contributed by atoms with van der Waals surface area (Å²) in [6.45, 7) is 4.21. The Morgan fingerprint density at radius 3 is 2.87 bits per heavy atom. The van der Waals surface area contributed by atoms with Crippen LogP contribution in [0.25, 0.3) is 11.4 Å². The van der Waals surface area contributed by atoms with Gasteiger partial charge < -0.3 is 20.5 Å². The van der Waals surface area contributed by atoms with Crippen LogP contribution in [0.3, 0.4) is 0 Å². The second-order valence-corrected chi connectivity index (χ2v) is 7.31. The molecule has 0 saturated heterocycles. The third-order valence-electron chi connectivity index (χ3n) is 4.54. The predicted molar refractivity (Wildman–Crippen MR) is 117 cm³/mol. The zero-order chi connectivity index (χ0) is 22.5. The lowest BCUT2D eigenvalue weighted by Gasteiger charge is -2.18. The summed E-state index contributed by atoms with van der Waals surface area (Å²) in [5.74, 6) is 0.889. The van der Waals surface area contributed by atoms with Crippen LogP contribution in [0.4, 0.5) is 11.5 Å². The molecule has 3 aromatic heterocycles. The molecule has 1 atom stereocenters. The van der Waals surface area contributed by atoms with E-state index in [9.17, 15) is 4.79 Å². The molecule has 3 heterocycles. The number of anilines is 2. The molecule has 3 N–H and O–H groups in total. The van der Waals surface area contributed by atoms with Crippen molar-refractivity contribution in [1.82, 2.24) is 24.7 Å². The molecular formula is C20H24ClN7O3. The maximum atomic E-state index is 12.0. The number of hydrogen-bond donors (Lipinski definition) is 2. The number of nitrogens with two attached hydrogens (primary N) is 1. The molecule has 3 aromatic rings. The van der Waals surface area contributed by atoms with Crippen molar-refractivity contribution in [3.63, 3.8) is 0 Å². The number of nitrogens with zero attached hydrogens (tertiary/aromatic N) is 5. The zero-order valence-corrected chi connectivity index (χ0v) is 18.5. The molecule has 31 heavy (non-hydrogen) atoms. The van der Waals surface area contributed by atoms with Crippen LogP contribution in [-0.4, -0.2) is 50.5 Å². The minimum absolute atomic E-state index is 0.0386. The third-order valence-corrected chi connectivity index (χ3v) is 4.74. The van der Waals surface area contributed by atoms with Crippen molar-refractivity contribution < 1.29 is 14.3 Å². The predicted octanol–water partition coefficient (Wildman–Crippen LogP) is 2.87. The quantitative estimate of drug-likeness (QED) is 0.397. The molecule has 0 fully saturated rings. The van der Waals surface area contributed by atoms with Crippen molar-refractivity contribution in [1.29, 1.82) is 0 Å². The second-order valence-electron chi connectivity index (χ2n) is 6.92. The molecule has 0 aromatic carbocycles. The van der Waals surface area contributed by atoms with Gasteiger partial charge in [0.25, 0.3) is 0 Å². The van der Waals surface area contributed by atoms with Gasteiger partial charge in [0.15, 0.2) is 5.82 Å². The van der Waals surface area contributed by atoms with Crippen LogP contribution in [0.5, 0.6) is 5.88 Å². The molecule has 0 spiro atoms. The van der Waals surface area contributed by atoms with E-state index in [4.69, 9.17) is 26.8 Å². The number of rotatable bonds is 8. The Labute approximate surface area is 184 Å². The van der Waals surface area contributed by atoms with Gasteiger partial charge in [-0.2, -0.15) is 5.10 Å². The number of carbonyl (C=O) groups excluding carboxylic acids is 1. The summed E-state index contributed by atoms with van der Waals surface area (Å²) >= 11 is 5.98. The number of nitrogen functional groups attached to an aromatic ring is 1. The minimum Gasteiger partial charge on any atom is -0.477 e. The number of halogens is 1. The van der Waals surface area contributed by atoms with E-state index in [1.807, 2.05) is 13.8 Å². The maximum absolute atomic E-state index is 12.0. The van der Waals surface area contributed by atoms with Crippen LogP contribution in [0.2, 0.25) is 5.15 Å². The largest absolute Gasteiger partial charge is 0.477 e. The van der Waals surface area contributed by atoms with Gasteiger partial charge in [-0.1, -0.05) is 11.6 Å². The lowest BCUT2D eigenvalue weighted by molar-refractivity contribution is 0.0601. The van der Waals surface area contributed by atoms with E-state index in [1.165, 1.54) is 13.3 Å². The molecule has 10 nitrogen and oxygen atoms in total. The topological polar surface area (TPSA) is 130 Å². The Hall–Kier alpha value is -3.40. The average Bonchev–Trinajstić information content (AvgIpc) is 3.00. The van der Waals surface area contributed by atoms with E-state index in [0.29, 0.717) is 47.4 Å². The van der Waals surface area contributed by atoms with Crippen molar-refractivity contribution in [2.75, 3.05) is 24.8 Å². The molecular weight excluding hydrogens is 422 g/mol. The fourth-order valence-corrected chi connectivity index (χ4v) is 3.20. The lowest BCUT2D eigenvalue weighted by Crippen LogP contribution is -2.21. The molecule has 0 aliphatic heterocycles. The fraction of sp³-hybridized carbons (Fsp3) is 0.350. The monoisotopic (exact) mass is 445 g/mol. The lowest BCUT2D eigenvalue weighted by atomic mass is 10.2. The van der Waals surface area contributed by atoms with Crippen LogP contribution < -0.4 is 15.8 Å². The van der Waals surface area contributed by atoms with Crippen LogP contribution in [-0.2, 0) is 11.8 Å². The Bertz CT molecular complexity index is 1090. The summed E-state index contributed by atoms with van der Waals surface area (Å²) in [5, 5.41) is 7.95. The summed E-state index contributed by atoms with van der Waals surface area (Å²) in [4.78, 5) is 24.5. The van der Waals surface area contributed by atoms with E-state index < -0.39 is 5.97 Å². The van der Waals surface area contributed by atoms with Crippen molar-refractivity contribution in [2.45, 2.75) is 26.3 Å². The number of ether oxygens (including phenoxy) is 2. The second kappa shape index (κ2) is 9.61. The number of hydrogen-bond acceptors (Lipinski definition) is 9. The standard InChI is InChI=1S/C20H24ClN7O3/c1-11(25-14-9-15(21)24-10-13(14)20(29)30-4)6-8-31-19-17(12(2)27-28(19)3)18-23-7-5-16(22)26-18/h5,7,9-11H,6,8H2,1-4H3,(H,24,25)(H2,22,23,26)/t11-/m0/s1. The smallest absolute Gasteiger partial charge is 0.341 e. The summed E-state index contributed by atoms with van der Waals surface area (Å²) < 4.78 is 12.5. The van der Waals surface area contributed by atoms with Crippen molar-refractivity contribution >= 4 is 29.1 Å². The zero-order valence-electron chi connectivity index (χ0n) is 17.7. The van der Waals surface area contributed by atoms with E-state index in [0.717, 1.165) is 5.69 Å². The van der Waals surface area contributed by atoms with Crippen molar-refractivity contribution in [3.8, 4) is 17.3 Å². The number of carbonyl (C=O) groups is 1. The minimum atomic E-state index is -0.493. The number of aromatic nitrogens is 5. The Balaban J connectivity index is 1.69. The van der Waals surface area contributed by atoms with Gasteiger partial charge in [0, 0.05) is 31.9 Å². The van der Waals surface area contributed by atoms with Gasteiger partial charge in [-0.05, 0) is 26.0 Å².